The molecule has 1 fully saturated rings. The van der Waals surface area contributed by atoms with Crippen molar-refractivity contribution in [2.75, 3.05) is 46.9 Å². The molecule has 0 radical (unpaired) electrons. The van der Waals surface area contributed by atoms with E-state index in [9.17, 15) is 18.0 Å². The number of ketones is 1. The van der Waals surface area contributed by atoms with Crippen molar-refractivity contribution in [3.05, 3.63) is 53.6 Å². The number of ether oxygens (including phenoxy) is 2. The summed E-state index contributed by atoms with van der Waals surface area (Å²) in [7, 11) is -0.486. The van der Waals surface area contributed by atoms with Gasteiger partial charge in [-0.15, -0.1) is 0 Å². The van der Waals surface area contributed by atoms with E-state index >= 15 is 0 Å². The number of piperazine rings is 1. The highest BCUT2D eigenvalue weighted by Crippen LogP contribution is 2.25. The predicted octanol–water partition coefficient (Wildman–Crippen LogP) is 1.92. The third kappa shape index (κ3) is 6.55. The Hall–Kier alpha value is -2.95. The smallest absolute Gasteiger partial charge is 0.240 e. The molecule has 3 rings (SSSR count). The summed E-state index contributed by atoms with van der Waals surface area (Å²) in [5.41, 5.74) is 1.46. The average molecular weight is 490 g/mol. The molecule has 2 aromatic rings. The lowest BCUT2D eigenvalue weighted by Crippen LogP contribution is -2.48. The Bertz CT molecular complexity index is 1110. The number of amides is 1. The van der Waals surface area contributed by atoms with Gasteiger partial charge < -0.3 is 14.4 Å². The molecule has 1 amide bonds. The highest BCUT2D eigenvalue weighted by Gasteiger charge is 2.23. The van der Waals surface area contributed by atoms with Gasteiger partial charge in [0, 0.05) is 56.8 Å². The fourth-order valence-corrected chi connectivity index (χ4v) is 4.84. The molecule has 0 spiro atoms. The van der Waals surface area contributed by atoms with Crippen molar-refractivity contribution < 1.29 is 27.5 Å². The van der Waals surface area contributed by atoms with Crippen molar-refractivity contribution in [3.8, 4) is 11.5 Å². The van der Waals surface area contributed by atoms with Gasteiger partial charge in [0.1, 0.15) is 11.5 Å². The minimum absolute atomic E-state index is 0.0108. The molecule has 184 valence electrons. The fourth-order valence-electron chi connectivity index (χ4n) is 3.80. The molecule has 9 nitrogen and oxygen atoms in total. The van der Waals surface area contributed by atoms with Crippen molar-refractivity contribution in [3.63, 3.8) is 0 Å². The van der Waals surface area contributed by atoms with Crippen molar-refractivity contribution in [1.29, 1.82) is 0 Å². The van der Waals surface area contributed by atoms with Gasteiger partial charge in [0.25, 0.3) is 0 Å². The molecule has 2 aromatic carbocycles. The van der Waals surface area contributed by atoms with Crippen LogP contribution in [-0.4, -0.2) is 76.9 Å². The first kappa shape index (κ1) is 25.7. The van der Waals surface area contributed by atoms with Gasteiger partial charge in [-0.25, -0.2) is 13.1 Å². The number of Topliss-reactive ketones (excluding diaryl/α,β-unsaturated/α-hetero) is 1. The molecule has 0 aliphatic carbocycles. The van der Waals surface area contributed by atoms with E-state index in [1.165, 1.54) is 31.2 Å². The van der Waals surface area contributed by atoms with Crippen LogP contribution in [0.25, 0.3) is 0 Å². The zero-order valence-corrected chi connectivity index (χ0v) is 20.6. The molecule has 1 aliphatic rings. The van der Waals surface area contributed by atoms with Crippen molar-refractivity contribution in [1.82, 2.24) is 14.5 Å². The van der Waals surface area contributed by atoms with Gasteiger partial charge in [-0.3, -0.25) is 14.5 Å². The number of carbonyl (C=O) groups excluding carboxylic acids is 2. The van der Waals surface area contributed by atoms with Crippen molar-refractivity contribution in [2.45, 2.75) is 24.8 Å². The first-order chi connectivity index (χ1) is 16.2. The van der Waals surface area contributed by atoms with Gasteiger partial charge in [-0.1, -0.05) is 12.1 Å². The van der Waals surface area contributed by atoms with Crippen molar-refractivity contribution >= 4 is 21.7 Å². The van der Waals surface area contributed by atoms with Crippen LogP contribution in [0.15, 0.2) is 47.4 Å². The first-order valence-electron chi connectivity index (χ1n) is 11.0. The van der Waals surface area contributed by atoms with Gasteiger partial charge in [0.15, 0.2) is 5.78 Å². The number of nitrogens with one attached hydrogen (secondary N) is 1. The second kappa shape index (κ2) is 11.5. The van der Waals surface area contributed by atoms with E-state index in [1.54, 1.807) is 19.1 Å². The molecule has 34 heavy (non-hydrogen) atoms. The largest absolute Gasteiger partial charge is 0.497 e. The predicted molar refractivity (Wildman–Crippen MR) is 128 cm³/mol. The molecule has 1 heterocycles. The maximum Gasteiger partial charge on any atom is 0.240 e. The summed E-state index contributed by atoms with van der Waals surface area (Å²) in [6, 6.07) is 11.4. The number of carbonyl (C=O) groups is 2. The fraction of sp³-hybridized carbons (Fsp3) is 0.417. The lowest BCUT2D eigenvalue weighted by atomic mass is 10.1. The Balaban J connectivity index is 1.46. The summed E-state index contributed by atoms with van der Waals surface area (Å²) >= 11 is 0. The molecular weight excluding hydrogens is 458 g/mol. The van der Waals surface area contributed by atoms with Crippen LogP contribution in [0.5, 0.6) is 11.5 Å². The van der Waals surface area contributed by atoms with Crippen LogP contribution < -0.4 is 14.2 Å². The van der Waals surface area contributed by atoms with E-state index in [4.69, 9.17) is 9.47 Å². The molecule has 0 bridgehead atoms. The maximum atomic E-state index is 12.6. The SMILES string of the molecule is COc1ccc(OC)c(CN2CCN(C(=O)CCNS(=O)(=O)c3ccc(C(C)=O)cc3)CC2)c1. The van der Waals surface area contributed by atoms with Crippen LogP contribution in [0.2, 0.25) is 0 Å². The van der Waals surface area contributed by atoms with Crippen LogP contribution in [0.4, 0.5) is 0 Å². The standard InChI is InChI=1S/C24H31N3O6S/c1-18(28)19-4-7-22(8-5-19)34(30,31)25-11-10-24(29)27-14-12-26(13-15-27)17-20-16-21(32-2)6-9-23(20)33-3/h4-9,16,25H,10-15,17H2,1-3H3. The number of rotatable bonds is 10. The number of benzene rings is 2. The minimum atomic E-state index is -3.75. The third-order valence-electron chi connectivity index (χ3n) is 5.81. The van der Waals surface area contributed by atoms with Crippen LogP contribution in [-0.2, 0) is 21.4 Å². The Morgan fingerprint density at radius 2 is 1.65 bits per heavy atom. The monoisotopic (exact) mass is 489 g/mol. The summed E-state index contributed by atoms with van der Waals surface area (Å²) < 4.78 is 38.1. The average Bonchev–Trinajstić information content (AvgIpc) is 2.84. The third-order valence-corrected chi connectivity index (χ3v) is 7.29. The molecule has 10 heteroatoms. The number of nitrogens with zero attached hydrogens (tertiary/aromatic N) is 2. The first-order valence-corrected chi connectivity index (χ1v) is 12.5. The normalized spacial score (nSPS) is 14.6. The molecule has 0 unspecified atom stereocenters. The summed E-state index contributed by atoms with van der Waals surface area (Å²) in [5, 5.41) is 0. The number of methoxy groups -OCH3 is 2. The Morgan fingerprint density at radius 1 is 0.971 bits per heavy atom. The van der Waals surface area contributed by atoms with Gasteiger partial charge in [-0.2, -0.15) is 0 Å². The van der Waals surface area contributed by atoms with Gasteiger partial charge >= 0.3 is 0 Å². The second-order valence-electron chi connectivity index (χ2n) is 8.06. The Labute approximate surface area is 200 Å². The molecule has 0 atom stereocenters. The summed E-state index contributed by atoms with van der Waals surface area (Å²) in [4.78, 5) is 28.0. The summed E-state index contributed by atoms with van der Waals surface area (Å²) in [6.45, 7) is 4.68. The molecule has 0 aromatic heterocycles. The Kier molecular flexibility index (Phi) is 8.65. The maximum absolute atomic E-state index is 12.6. The molecular formula is C24H31N3O6S. The highest BCUT2D eigenvalue weighted by atomic mass is 32.2. The molecule has 0 saturated carbocycles. The quantitative estimate of drug-likeness (QED) is 0.509. The van der Waals surface area contributed by atoms with Gasteiger partial charge in [0.2, 0.25) is 15.9 Å². The zero-order chi connectivity index (χ0) is 24.7. The number of sulfonamides is 1. The summed E-state index contributed by atoms with van der Waals surface area (Å²) in [5.74, 6) is 1.34. The van der Waals surface area contributed by atoms with E-state index in [0.717, 1.165) is 17.1 Å². The van der Waals surface area contributed by atoms with Crippen LogP contribution in [0.3, 0.4) is 0 Å². The van der Waals surface area contributed by atoms with E-state index < -0.39 is 10.0 Å². The van der Waals surface area contributed by atoms with Crippen LogP contribution in [0, 0.1) is 0 Å². The second-order valence-corrected chi connectivity index (χ2v) is 9.83. The van der Waals surface area contributed by atoms with Crippen LogP contribution >= 0.6 is 0 Å². The molecule has 1 N–H and O–H groups in total. The Morgan fingerprint density at radius 3 is 2.24 bits per heavy atom. The topological polar surface area (TPSA) is 105 Å². The highest BCUT2D eigenvalue weighted by molar-refractivity contribution is 7.89. The molecule has 1 saturated heterocycles. The minimum Gasteiger partial charge on any atom is -0.497 e. The number of hydrogen-bond acceptors (Lipinski definition) is 7. The zero-order valence-electron chi connectivity index (χ0n) is 19.7. The van der Waals surface area contributed by atoms with E-state index in [-0.39, 0.29) is 29.6 Å². The van der Waals surface area contributed by atoms with Gasteiger partial charge in [0.05, 0.1) is 19.1 Å². The van der Waals surface area contributed by atoms with E-state index in [0.29, 0.717) is 38.3 Å². The van der Waals surface area contributed by atoms with E-state index in [1.807, 2.05) is 18.2 Å². The number of hydrogen-bond donors (Lipinski definition) is 1. The van der Waals surface area contributed by atoms with Gasteiger partial charge in [-0.05, 0) is 37.3 Å². The lowest BCUT2D eigenvalue weighted by Gasteiger charge is -2.35. The summed E-state index contributed by atoms with van der Waals surface area (Å²) in [6.07, 6.45) is 0.0778. The van der Waals surface area contributed by atoms with Crippen molar-refractivity contribution in [2.24, 2.45) is 0 Å². The van der Waals surface area contributed by atoms with Crippen LogP contribution in [0.1, 0.15) is 29.3 Å². The lowest BCUT2D eigenvalue weighted by molar-refractivity contribution is -0.132. The van der Waals surface area contributed by atoms with E-state index in [2.05, 4.69) is 9.62 Å². The molecule has 1 aliphatic heterocycles.